The molecule has 1 rings (SSSR count). The van der Waals surface area contributed by atoms with Crippen molar-refractivity contribution in [3.05, 3.63) is 29.8 Å². The zero-order chi connectivity index (χ0) is 8.81. The van der Waals surface area contributed by atoms with Gasteiger partial charge in [0.2, 0.25) is 0 Å². The van der Waals surface area contributed by atoms with Crippen molar-refractivity contribution in [2.45, 2.75) is 0 Å². The predicted octanol–water partition coefficient (Wildman–Crippen LogP) is 1.40. The molecule has 1 aromatic rings. The van der Waals surface area contributed by atoms with Gasteiger partial charge in [0.1, 0.15) is 11.8 Å². The fourth-order valence-electron chi connectivity index (χ4n) is 0.819. The summed E-state index contributed by atoms with van der Waals surface area (Å²) in [7, 11) is 0. The lowest BCUT2D eigenvalue weighted by atomic mass is 10.2. The average Bonchev–Trinajstić information content (AvgIpc) is 2.15. The molecule has 3 heteroatoms. The van der Waals surface area contributed by atoms with Crippen LogP contribution in [0.5, 0.6) is 5.75 Å². The second kappa shape index (κ2) is 4.14. The van der Waals surface area contributed by atoms with E-state index in [1.165, 1.54) is 0 Å². The molecule has 0 unspecified atom stereocenters. The highest BCUT2D eigenvalue weighted by Crippen LogP contribution is 2.14. The second-order valence-electron chi connectivity index (χ2n) is 2.10. The quantitative estimate of drug-likeness (QED) is 0.629. The molecule has 3 nitrogen and oxygen atoms in total. The third-order valence-electron chi connectivity index (χ3n) is 1.34. The monoisotopic (exact) mass is 161 g/mol. The topological polar surface area (TPSA) is 50.1 Å². The fourth-order valence-corrected chi connectivity index (χ4v) is 0.819. The van der Waals surface area contributed by atoms with Gasteiger partial charge in [0.25, 0.3) is 0 Å². The first kappa shape index (κ1) is 8.28. The Bertz CT molecular complexity index is 315. The lowest BCUT2D eigenvalue weighted by Crippen LogP contribution is -1.96. The number of hydrogen-bond donors (Lipinski definition) is 0. The molecule has 0 amide bonds. The van der Waals surface area contributed by atoms with Crippen LogP contribution in [0.4, 0.5) is 0 Å². The van der Waals surface area contributed by atoms with E-state index in [0.717, 1.165) is 0 Å². The van der Waals surface area contributed by atoms with Crippen molar-refractivity contribution in [2.75, 3.05) is 6.61 Å². The highest BCUT2D eigenvalue weighted by Gasteiger charge is 1.99. The third-order valence-corrected chi connectivity index (χ3v) is 1.34. The van der Waals surface area contributed by atoms with Crippen molar-refractivity contribution in [1.82, 2.24) is 0 Å². The molecule has 0 saturated carbocycles. The van der Waals surface area contributed by atoms with Gasteiger partial charge in [0, 0.05) is 0 Å². The minimum absolute atomic E-state index is 0.0369. The molecule has 0 heterocycles. The van der Waals surface area contributed by atoms with Crippen LogP contribution in [0.15, 0.2) is 24.3 Å². The van der Waals surface area contributed by atoms with Crippen molar-refractivity contribution in [3.8, 4) is 11.8 Å². The molecule has 0 aliphatic rings. The van der Waals surface area contributed by atoms with Crippen LogP contribution in [0, 0.1) is 11.3 Å². The van der Waals surface area contributed by atoms with Crippen LogP contribution >= 0.6 is 0 Å². The Kier molecular flexibility index (Phi) is 2.86. The van der Waals surface area contributed by atoms with Crippen LogP contribution in [0.25, 0.3) is 0 Å². The lowest BCUT2D eigenvalue weighted by Gasteiger charge is -2.02. The van der Waals surface area contributed by atoms with Gasteiger partial charge < -0.3 is 4.74 Å². The van der Waals surface area contributed by atoms with Crippen molar-refractivity contribution >= 4 is 6.29 Å². The first-order valence-electron chi connectivity index (χ1n) is 3.42. The van der Waals surface area contributed by atoms with E-state index in [1.54, 1.807) is 24.3 Å². The van der Waals surface area contributed by atoms with Gasteiger partial charge in [-0.3, -0.25) is 4.79 Å². The Balaban J connectivity index is 2.83. The van der Waals surface area contributed by atoms with Crippen LogP contribution in [0.3, 0.4) is 0 Å². The maximum atomic E-state index is 10.4. The molecule has 60 valence electrons. The highest BCUT2D eigenvalue weighted by atomic mass is 16.5. The number of aldehydes is 1. The minimum atomic E-state index is -0.0369. The van der Waals surface area contributed by atoms with E-state index in [4.69, 9.17) is 10.00 Å². The summed E-state index contributed by atoms with van der Waals surface area (Å²) in [5, 5.41) is 8.23. The zero-order valence-corrected chi connectivity index (χ0v) is 6.36. The number of carbonyl (C=O) groups excluding carboxylic acids is 1. The number of nitrogens with zero attached hydrogens (tertiary/aromatic N) is 1. The first-order chi connectivity index (χ1) is 5.88. The number of hydrogen-bond acceptors (Lipinski definition) is 3. The smallest absolute Gasteiger partial charge is 0.174 e. The van der Waals surface area contributed by atoms with Crippen LogP contribution < -0.4 is 4.74 Å². The molecule has 0 bridgehead atoms. The molecule has 0 aromatic heterocycles. The lowest BCUT2D eigenvalue weighted by molar-refractivity contribution is 0.112. The number of nitriles is 1. The summed E-state index contributed by atoms with van der Waals surface area (Å²) in [5.74, 6) is 0.453. The Morgan fingerprint density at radius 3 is 2.92 bits per heavy atom. The standard InChI is InChI=1S/C9H7NO2/c10-5-6-12-9-4-2-1-3-8(9)7-11/h1-4,7H,6H2. The Morgan fingerprint density at radius 2 is 2.25 bits per heavy atom. The van der Waals surface area contributed by atoms with Crippen molar-refractivity contribution in [2.24, 2.45) is 0 Å². The van der Waals surface area contributed by atoms with Crippen LogP contribution in [0.1, 0.15) is 10.4 Å². The van der Waals surface area contributed by atoms with Gasteiger partial charge in [-0.1, -0.05) is 12.1 Å². The van der Waals surface area contributed by atoms with Gasteiger partial charge in [0.15, 0.2) is 12.9 Å². The van der Waals surface area contributed by atoms with E-state index in [1.807, 2.05) is 6.07 Å². The molecular weight excluding hydrogens is 154 g/mol. The molecule has 0 aliphatic heterocycles. The van der Waals surface area contributed by atoms with Gasteiger partial charge in [0.05, 0.1) is 5.56 Å². The van der Waals surface area contributed by atoms with Crippen LogP contribution in [-0.2, 0) is 0 Å². The summed E-state index contributed by atoms with van der Waals surface area (Å²) in [6.07, 6.45) is 0.701. The molecular formula is C9H7NO2. The number of rotatable bonds is 3. The van der Waals surface area contributed by atoms with E-state index in [-0.39, 0.29) is 6.61 Å². The summed E-state index contributed by atoms with van der Waals surface area (Å²) in [6.45, 7) is -0.0369. The molecule has 0 aliphatic carbocycles. The summed E-state index contributed by atoms with van der Waals surface area (Å²) >= 11 is 0. The zero-order valence-electron chi connectivity index (χ0n) is 6.36. The van der Waals surface area contributed by atoms with E-state index < -0.39 is 0 Å². The van der Waals surface area contributed by atoms with Crippen LogP contribution in [-0.4, -0.2) is 12.9 Å². The largest absolute Gasteiger partial charge is 0.478 e. The fraction of sp³-hybridized carbons (Fsp3) is 0.111. The Morgan fingerprint density at radius 1 is 1.50 bits per heavy atom. The molecule has 0 radical (unpaired) electrons. The summed E-state index contributed by atoms with van der Waals surface area (Å²) < 4.78 is 4.98. The predicted molar refractivity (Wildman–Crippen MR) is 42.9 cm³/mol. The molecule has 0 N–H and O–H groups in total. The molecule has 0 spiro atoms. The molecule has 0 atom stereocenters. The summed E-state index contributed by atoms with van der Waals surface area (Å²) in [6, 6.07) is 8.61. The minimum Gasteiger partial charge on any atom is -0.478 e. The Hall–Kier alpha value is -1.82. The van der Waals surface area contributed by atoms with Gasteiger partial charge in [-0.2, -0.15) is 5.26 Å². The number of ether oxygens (including phenoxy) is 1. The van der Waals surface area contributed by atoms with E-state index in [0.29, 0.717) is 17.6 Å². The maximum Gasteiger partial charge on any atom is 0.174 e. The summed E-state index contributed by atoms with van der Waals surface area (Å²) in [4.78, 5) is 10.4. The average molecular weight is 161 g/mol. The van der Waals surface area contributed by atoms with Gasteiger partial charge >= 0.3 is 0 Å². The third kappa shape index (κ3) is 1.83. The number of benzene rings is 1. The molecule has 1 aromatic carbocycles. The van der Waals surface area contributed by atoms with E-state index in [2.05, 4.69) is 0 Å². The van der Waals surface area contributed by atoms with Crippen molar-refractivity contribution in [3.63, 3.8) is 0 Å². The van der Waals surface area contributed by atoms with Crippen LogP contribution in [0.2, 0.25) is 0 Å². The highest BCUT2D eigenvalue weighted by molar-refractivity contribution is 5.79. The molecule has 0 fully saturated rings. The normalized spacial score (nSPS) is 8.58. The maximum absolute atomic E-state index is 10.4. The Labute approximate surface area is 70.2 Å². The first-order valence-corrected chi connectivity index (χ1v) is 3.42. The summed E-state index contributed by atoms with van der Waals surface area (Å²) in [5.41, 5.74) is 0.466. The second-order valence-corrected chi connectivity index (χ2v) is 2.10. The molecule has 0 saturated heterocycles. The number of carbonyl (C=O) groups is 1. The number of para-hydroxylation sites is 1. The van der Waals surface area contributed by atoms with Crippen molar-refractivity contribution < 1.29 is 9.53 Å². The molecule has 12 heavy (non-hydrogen) atoms. The SMILES string of the molecule is N#CCOc1ccccc1C=O. The van der Waals surface area contributed by atoms with Crippen molar-refractivity contribution in [1.29, 1.82) is 5.26 Å². The van der Waals surface area contributed by atoms with Gasteiger partial charge in [-0.05, 0) is 12.1 Å². The van der Waals surface area contributed by atoms with E-state index >= 15 is 0 Å². The van der Waals surface area contributed by atoms with Gasteiger partial charge in [-0.15, -0.1) is 0 Å². The van der Waals surface area contributed by atoms with Gasteiger partial charge in [-0.25, -0.2) is 0 Å². The van der Waals surface area contributed by atoms with E-state index in [9.17, 15) is 4.79 Å².